The molecule has 0 spiro atoms. The summed E-state index contributed by atoms with van der Waals surface area (Å²) in [4.78, 5) is 14.1. The fourth-order valence-corrected chi connectivity index (χ4v) is 7.84. The molecule has 7 aromatic carbocycles. The van der Waals surface area contributed by atoms with Crippen molar-refractivity contribution < 1.29 is 34.4 Å². The second-order valence-corrected chi connectivity index (χ2v) is 13.6. The highest BCUT2D eigenvalue weighted by Gasteiger charge is 2.28. The van der Waals surface area contributed by atoms with Gasteiger partial charge in [-0.25, -0.2) is 15.0 Å². The van der Waals surface area contributed by atoms with Crippen molar-refractivity contribution in [1.82, 2.24) is 19.5 Å². The zero-order valence-electron chi connectivity index (χ0n) is 29.0. The second kappa shape index (κ2) is 11.5. The van der Waals surface area contributed by atoms with E-state index >= 15 is 0 Å². The first-order valence-electron chi connectivity index (χ1n) is 17.6. The van der Waals surface area contributed by atoms with Crippen LogP contribution in [0.3, 0.4) is 0 Å². The van der Waals surface area contributed by atoms with E-state index in [1.54, 1.807) is 12.1 Å². The summed E-state index contributed by atoms with van der Waals surface area (Å²) in [6, 6.07) is 41.3. The molecule has 11 rings (SSSR count). The molecule has 5 N–H and O–H groups in total. The molecule has 0 atom stereocenters. The summed E-state index contributed by atoms with van der Waals surface area (Å²) in [5.74, 6) is -5.06. The van der Waals surface area contributed by atoms with E-state index in [1.807, 2.05) is 84.9 Å². The minimum absolute atomic E-state index is 0.133. The minimum atomic E-state index is -1.09. The maximum atomic E-state index is 11.0. The van der Waals surface area contributed by atoms with Crippen LogP contribution in [-0.2, 0) is 0 Å². The maximum absolute atomic E-state index is 11.0. The summed E-state index contributed by atoms with van der Waals surface area (Å²) in [7, 11) is 0. The van der Waals surface area contributed by atoms with Gasteiger partial charge in [-0.05, 0) is 54.6 Å². The van der Waals surface area contributed by atoms with Crippen LogP contribution in [0.5, 0.6) is 28.7 Å². The number of furan rings is 2. The smallest absolute Gasteiger partial charge is 0.208 e. The van der Waals surface area contributed by atoms with E-state index < -0.39 is 34.3 Å². The van der Waals surface area contributed by atoms with Gasteiger partial charge < -0.3 is 38.9 Å². The molecule has 4 heterocycles. The lowest BCUT2D eigenvalue weighted by Gasteiger charge is -2.13. The standard InChI is InChI=1S/C45H26N4O7/c50-38-37(39(51)41(53)42(54)40(38)52)45-47-43(46-44(48-45)28-11-7-15-34-36(28)27-10-3-6-14-32(27)55-34)22-16-18-26-29-21-23(17-19-33(29)56-35(26)20-22)49-30-12-4-1-8-24(30)25-9-2-5-13-31(25)49/h1-21,50-54H. The van der Waals surface area contributed by atoms with Crippen LogP contribution in [0, 0.1) is 0 Å². The predicted octanol–water partition coefficient (Wildman–Crippen LogP) is 10.3. The third-order valence-corrected chi connectivity index (χ3v) is 10.4. The van der Waals surface area contributed by atoms with Crippen LogP contribution in [-0.4, -0.2) is 45.1 Å². The molecule has 0 saturated heterocycles. The average Bonchev–Trinajstić information content (AvgIpc) is 3.91. The third-order valence-electron chi connectivity index (χ3n) is 10.4. The number of aromatic hydroxyl groups is 5. The molecule has 4 aromatic heterocycles. The Labute approximate surface area is 314 Å². The number of phenolic OH excluding ortho intramolecular Hbond substituents is 5. The normalized spacial score (nSPS) is 11.9. The molecule has 0 saturated carbocycles. The lowest BCUT2D eigenvalue weighted by atomic mass is 10.0. The Morgan fingerprint density at radius 2 is 1.00 bits per heavy atom. The van der Waals surface area contributed by atoms with Crippen LogP contribution in [0.1, 0.15) is 0 Å². The van der Waals surface area contributed by atoms with Crippen molar-refractivity contribution in [2.24, 2.45) is 0 Å². The maximum Gasteiger partial charge on any atom is 0.208 e. The van der Waals surface area contributed by atoms with E-state index in [4.69, 9.17) is 13.8 Å². The quantitative estimate of drug-likeness (QED) is 0.0865. The molecule has 0 bridgehead atoms. The zero-order valence-corrected chi connectivity index (χ0v) is 29.0. The van der Waals surface area contributed by atoms with E-state index in [0.29, 0.717) is 33.5 Å². The van der Waals surface area contributed by atoms with Crippen molar-refractivity contribution in [1.29, 1.82) is 0 Å². The molecular weight excluding hydrogens is 709 g/mol. The van der Waals surface area contributed by atoms with Crippen LogP contribution < -0.4 is 0 Å². The first kappa shape index (κ1) is 31.5. The number of fused-ring (bicyclic) bond motifs is 9. The van der Waals surface area contributed by atoms with Crippen LogP contribution in [0.2, 0.25) is 0 Å². The van der Waals surface area contributed by atoms with Crippen molar-refractivity contribution in [2.45, 2.75) is 0 Å². The number of hydrogen-bond acceptors (Lipinski definition) is 10. The van der Waals surface area contributed by atoms with Crippen LogP contribution in [0.15, 0.2) is 136 Å². The number of nitrogens with zero attached hydrogens (tertiary/aromatic N) is 4. The molecule has 56 heavy (non-hydrogen) atoms. The van der Waals surface area contributed by atoms with E-state index in [9.17, 15) is 25.5 Å². The molecule has 0 aliphatic heterocycles. The Morgan fingerprint density at radius 1 is 0.411 bits per heavy atom. The summed E-state index contributed by atoms with van der Waals surface area (Å²) in [6.45, 7) is 0. The largest absolute Gasteiger partial charge is 0.504 e. The zero-order chi connectivity index (χ0) is 37.8. The van der Waals surface area contributed by atoms with Crippen molar-refractivity contribution in [2.75, 3.05) is 0 Å². The Bertz CT molecular complexity index is 3370. The Kier molecular flexibility index (Phi) is 6.45. The first-order valence-corrected chi connectivity index (χ1v) is 17.6. The molecule has 0 amide bonds. The summed E-state index contributed by atoms with van der Waals surface area (Å²) >= 11 is 0. The number of phenols is 5. The minimum Gasteiger partial charge on any atom is -0.504 e. The van der Waals surface area contributed by atoms with Gasteiger partial charge in [-0.3, -0.25) is 0 Å². The molecule has 0 aliphatic carbocycles. The Morgan fingerprint density at radius 3 is 1.75 bits per heavy atom. The molecular formula is C45H26N4O7. The lowest BCUT2D eigenvalue weighted by molar-refractivity contribution is 0.329. The SMILES string of the molecule is Oc1c(O)c(O)c(-c2nc(-c3ccc4c(c3)oc3ccc(-n5c6ccccc6c6ccccc65)cc34)nc(-c3cccc4oc5ccccc5c34)n2)c(O)c1O. The number of rotatable bonds is 4. The number of para-hydroxylation sites is 3. The van der Waals surface area contributed by atoms with Gasteiger partial charge in [0.05, 0.1) is 11.0 Å². The van der Waals surface area contributed by atoms with Gasteiger partial charge in [0.1, 0.15) is 27.9 Å². The fraction of sp³-hybridized carbons (Fsp3) is 0. The second-order valence-electron chi connectivity index (χ2n) is 13.6. The molecule has 268 valence electrons. The Balaban J connectivity index is 1.12. The van der Waals surface area contributed by atoms with E-state index in [1.165, 1.54) is 0 Å². The highest BCUT2D eigenvalue weighted by Crippen LogP contribution is 2.54. The van der Waals surface area contributed by atoms with Crippen LogP contribution in [0.25, 0.3) is 106 Å². The van der Waals surface area contributed by atoms with Crippen molar-refractivity contribution >= 4 is 65.7 Å². The van der Waals surface area contributed by atoms with Crippen molar-refractivity contribution in [3.63, 3.8) is 0 Å². The van der Waals surface area contributed by atoms with Crippen molar-refractivity contribution in [3.8, 4) is 68.6 Å². The summed E-state index contributed by atoms with van der Waals surface area (Å²) in [5, 5.41) is 58.6. The molecule has 11 aromatic rings. The summed E-state index contributed by atoms with van der Waals surface area (Å²) < 4.78 is 14.8. The molecule has 0 unspecified atom stereocenters. The van der Waals surface area contributed by atoms with E-state index in [2.05, 4.69) is 44.9 Å². The molecule has 0 aliphatic rings. The lowest BCUT2D eigenvalue weighted by Crippen LogP contribution is -2.01. The van der Waals surface area contributed by atoms with Gasteiger partial charge >= 0.3 is 0 Å². The highest BCUT2D eigenvalue weighted by atomic mass is 16.4. The Hall–Kier alpha value is -8.05. The van der Waals surface area contributed by atoms with Gasteiger partial charge in [0, 0.05) is 49.1 Å². The molecule has 0 radical (unpaired) electrons. The molecule has 11 nitrogen and oxygen atoms in total. The molecule has 11 heteroatoms. The monoisotopic (exact) mass is 734 g/mol. The van der Waals surface area contributed by atoms with Gasteiger partial charge in [-0.1, -0.05) is 72.8 Å². The van der Waals surface area contributed by atoms with E-state index in [0.717, 1.165) is 49.0 Å². The van der Waals surface area contributed by atoms with Gasteiger partial charge in [-0.2, -0.15) is 0 Å². The van der Waals surface area contributed by atoms with Crippen molar-refractivity contribution in [3.05, 3.63) is 127 Å². The first-order chi connectivity index (χ1) is 27.3. The van der Waals surface area contributed by atoms with Crippen LogP contribution in [0.4, 0.5) is 0 Å². The van der Waals surface area contributed by atoms with Crippen LogP contribution >= 0.6 is 0 Å². The van der Waals surface area contributed by atoms with Gasteiger partial charge in [0.15, 0.2) is 29.0 Å². The number of benzene rings is 7. The fourth-order valence-electron chi connectivity index (χ4n) is 7.84. The average molecular weight is 735 g/mol. The van der Waals surface area contributed by atoms with Gasteiger partial charge in [-0.15, -0.1) is 0 Å². The van der Waals surface area contributed by atoms with Gasteiger partial charge in [0.25, 0.3) is 0 Å². The van der Waals surface area contributed by atoms with E-state index in [-0.39, 0.29) is 17.5 Å². The van der Waals surface area contributed by atoms with Gasteiger partial charge in [0.2, 0.25) is 17.2 Å². The predicted molar refractivity (Wildman–Crippen MR) is 213 cm³/mol. The number of aromatic nitrogens is 4. The topological polar surface area (TPSA) is 171 Å². The summed E-state index contributed by atoms with van der Waals surface area (Å²) in [6.07, 6.45) is 0. The molecule has 0 fully saturated rings. The summed E-state index contributed by atoms with van der Waals surface area (Å²) in [5.41, 5.74) is 6.23. The number of hydrogen-bond donors (Lipinski definition) is 5. The third kappa shape index (κ3) is 4.42. The highest BCUT2D eigenvalue weighted by molar-refractivity contribution is 6.13.